The second-order valence-electron chi connectivity index (χ2n) is 5.11. The summed E-state index contributed by atoms with van der Waals surface area (Å²) in [7, 11) is 0. The highest BCUT2D eigenvalue weighted by Gasteiger charge is 2.16. The van der Waals surface area contributed by atoms with Gasteiger partial charge in [0, 0.05) is 6.04 Å². The molecule has 14 heavy (non-hydrogen) atoms. The van der Waals surface area contributed by atoms with Gasteiger partial charge < -0.3 is 5.73 Å². The van der Waals surface area contributed by atoms with Crippen LogP contribution in [0.4, 0.5) is 0 Å². The van der Waals surface area contributed by atoms with Crippen molar-refractivity contribution in [1.82, 2.24) is 0 Å². The van der Waals surface area contributed by atoms with Gasteiger partial charge in [-0.3, -0.25) is 0 Å². The average molecular weight is 197 g/mol. The summed E-state index contributed by atoms with van der Waals surface area (Å²) in [6.07, 6.45) is 11.3. The molecule has 0 bridgehead atoms. The molecule has 1 heteroatoms. The topological polar surface area (TPSA) is 26.0 Å². The molecule has 1 saturated carbocycles. The number of rotatable bonds is 2. The average Bonchev–Trinajstić information content (AvgIpc) is 2.28. The summed E-state index contributed by atoms with van der Waals surface area (Å²) < 4.78 is 0. The Morgan fingerprint density at radius 2 is 1.64 bits per heavy atom. The van der Waals surface area contributed by atoms with Crippen molar-refractivity contribution in [3.63, 3.8) is 0 Å². The van der Waals surface area contributed by atoms with Gasteiger partial charge >= 0.3 is 0 Å². The minimum atomic E-state index is 0.410. The van der Waals surface area contributed by atoms with Gasteiger partial charge in [0.1, 0.15) is 0 Å². The monoisotopic (exact) mass is 197 g/mol. The van der Waals surface area contributed by atoms with E-state index in [1.54, 1.807) is 0 Å². The summed E-state index contributed by atoms with van der Waals surface area (Å²) in [5, 5.41) is 0. The van der Waals surface area contributed by atoms with Gasteiger partial charge in [0.2, 0.25) is 0 Å². The van der Waals surface area contributed by atoms with E-state index < -0.39 is 0 Å². The molecular weight excluding hydrogens is 170 g/mol. The lowest BCUT2D eigenvalue weighted by atomic mass is 9.90. The van der Waals surface area contributed by atoms with Crippen molar-refractivity contribution < 1.29 is 0 Å². The minimum Gasteiger partial charge on any atom is -0.328 e. The lowest BCUT2D eigenvalue weighted by Gasteiger charge is -2.19. The van der Waals surface area contributed by atoms with E-state index in [1.807, 2.05) is 0 Å². The highest BCUT2D eigenvalue weighted by molar-refractivity contribution is 4.72. The lowest BCUT2D eigenvalue weighted by molar-refractivity contribution is 0.364. The highest BCUT2D eigenvalue weighted by Crippen LogP contribution is 2.27. The lowest BCUT2D eigenvalue weighted by Crippen LogP contribution is -2.26. The van der Waals surface area contributed by atoms with Crippen LogP contribution < -0.4 is 5.73 Å². The van der Waals surface area contributed by atoms with Crippen LogP contribution in [0.2, 0.25) is 0 Å². The van der Waals surface area contributed by atoms with Gasteiger partial charge in [-0.15, -0.1) is 0 Å². The van der Waals surface area contributed by atoms with Crippen LogP contribution in [0.1, 0.15) is 65.2 Å². The largest absolute Gasteiger partial charge is 0.328 e. The molecule has 1 nitrogen and oxygen atoms in total. The van der Waals surface area contributed by atoms with Crippen molar-refractivity contribution in [2.75, 3.05) is 0 Å². The Balaban J connectivity index is 2.35. The third kappa shape index (κ3) is 4.00. The zero-order valence-corrected chi connectivity index (χ0v) is 9.97. The van der Waals surface area contributed by atoms with Gasteiger partial charge in [0.05, 0.1) is 0 Å². The van der Waals surface area contributed by atoms with E-state index in [2.05, 4.69) is 13.8 Å². The molecule has 0 aromatic rings. The van der Waals surface area contributed by atoms with E-state index in [9.17, 15) is 0 Å². The molecule has 0 aromatic carbocycles. The molecule has 0 heterocycles. The molecule has 1 rings (SSSR count). The number of nitrogens with two attached hydrogens (primary N) is 1. The zero-order chi connectivity index (χ0) is 10.4. The molecule has 1 aliphatic rings. The van der Waals surface area contributed by atoms with Crippen molar-refractivity contribution in [3.8, 4) is 0 Å². The van der Waals surface area contributed by atoms with Gasteiger partial charge in [0.15, 0.2) is 0 Å². The molecule has 2 N–H and O–H groups in total. The SMILES string of the molecule is CCC1CCCCC(C(C)N)CCC1. The predicted octanol–water partition coefficient (Wildman–Crippen LogP) is 3.72. The molecule has 84 valence electrons. The molecule has 0 aromatic heterocycles. The smallest absolute Gasteiger partial charge is 0.00387 e. The summed E-state index contributed by atoms with van der Waals surface area (Å²) in [5.41, 5.74) is 6.01. The normalized spacial score (nSPS) is 32.8. The molecule has 0 spiro atoms. The van der Waals surface area contributed by atoms with E-state index in [-0.39, 0.29) is 0 Å². The molecule has 0 radical (unpaired) electrons. The molecule has 0 aliphatic heterocycles. The number of hydrogen-bond acceptors (Lipinski definition) is 1. The van der Waals surface area contributed by atoms with Crippen LogP contribution in [0.15, 0.2) is 0 Å². The number of hydrogen-bond donors (Lipinski definition) is 1. The molecule has 0 amide bonds. The first-order chi connectivity index (χ1) is 6.74. The first-order valence-electron chi connectivity index (χ1n) is 6.49. The van der Waals surface area contributed by atoms with Gasteiger partial charge in [-0.25, -0.2) is 0 Å². The van der Waals surface area contributed by atoms with E-state index in [1.165, 1.54) is 51.4 Å². The van der Waals surface area contributed by atoms with Crippen molar-refractivity contribution in [2.24, 2.45) is 17.6 Å². The predicted molar refractivity (Wildman–Crippen MR) is 63.2 cm³/mol. The molecule has 0 saturated heterocycles. The first-order valence-corrected chi connectivity index (χ1v) is 6.49. The van der Waals surface area contributed by atoms with Crippen molar-refractivity contribution >= 4 is 0 Å². The molecule has 3 unspecified atom stereocenters. The second kappa shape index (κ2) is 6.44. The minimum absolute atomic E-state index is 0.410. The highest BCUT2D eigenvalue weighted by atomic mass is 14.6. The van der Waals surface area contributed by atoms with Crippen LogP contribution >= 0.6 is 0 Å². The molecule has 1 aliphatic carbocycles. The van der Waals surface area contributed by atoms with E-state index in [0.29, 0.717) is 6.04 Å². The Kier molecular flexibility index (Phi) is 5.54. The van der Waals surface area contributed by atoms with Crippen molar-refractivity contribution in [3.05, 3.63) is 0 Å². The van der Waals surface area contributed by atoms with Crippen molar-refractivity contribution in [1.29, 1.82) is 0 Å². The van der Waals surface area contributed by atoms with E-state index in [0.717, 1.165) is 11.8 Å². The fourth-order valence-corrected chi connectivity index (χ4v) is 2.73. The van der Waals surface area contributed by atoms with Gasteiger partial charge in [-0.1, -0.05) is 45.4 Å². The molecular formula is C13H27N. The van der Waals surface area contributed by atoms with Crippen LogP contribution in [-0.2, 0) is 0 Å². The van der Waals surface area contributed by atoms with Crippen LogP contribution in [0.25, 0.3) is 0 Å². The maximum absolute atomic E-state index is 6.01. The summed E-state index contributed by atoms with van der Waals surface area (Å²) in [6.45, 7) is 4.52. The Morgan fingerprint density at radius 3 is 2.29 bits per heavy atom. The van der Waals surface area contributed by atoms with Gasteiger partial charge in [-0.2, -0.15) is 0 Å². The zero-order valence-electron chi connectivity index (χ0n) is 9.97. The summed E-state index contributed by atoms with van der Waals surface area (Å²) >= 11 is 0. The maximum atomic E-state index is 6.01. The maximum Gasteiger partial charge on any atom is 0.00387 e. The Hall–Kier alpha value is -0.0400. The summed E-state index contributed by atoms with van der Waals surface area (Å²) in [4.78, 5) is 0. The van der Waals surface area contributed by atoms with Gasteiger partial charge in [-0.05, 0) is 31.6 Å². The Bertz CT molecular complexity index is 142. The summed E-state index contributed by atoms with van der Waals surface area (Å²) in [5.74, 6) is 1.80. The first kappa shape index (κ1) is 12.0. The fraction of sp³-hybridized carbons (Fsp3) is 1.00. The van der Waals surface area contributed by atoms with E-state index in [4.69, 9.17) is 5.73 Å². The Morgan fingerprint density at radius 1 is 1.07 bits per heavy atom. The quantitative estimate of drug-likeness (QED) is 0.717. The van der Waals surface area contributed by atoms with Crippen LogP contribution in [0, 0.1) is 11.8 Å². The molecule has 3 atom stereocenters. The van der Waals surface area contributed by atoms with Crippen LogP contribution in [-0.4, -0.2) is 6.04 Å². The second-order valence-corrected chi connectivity index (χ2v) is 5.11. The van der Waals surface area contributed by atoms with Crippen LogP contribution in [0.5, 0.6) is 0 Å². The van der Waals surface area contributed by atoms with Crippen LogP contribution in [0.3, 0.4) is 0 Å². The van der Waals surface area contributed by atoms with E-state index >= 15 is 0 Å². The van der Waals surface area contributed by atoms with Crippen molar-refractivity contribution in [2.45, 2.75) is 71.3 Å². The Labute approximate surface area is 89.5 Å². The third-order valence-corrected chi connectivity index (χ3v) is 3.95. The molecule has 1 fully saturated rings. The standard InChI is InChI=1S/C13H27N/c1-3-12-7-4-5-9-13(11(2)14)10-6-8-12/h11-13H,3-10,14H2,1-2H3. The third-order valence-electron chi connectivity index (χ3n) is 3.95. The fourth-order valence-electron chi connectivity index (χ4n) is 2.73. The van der Waals surface area contributed by atoms with Gasteiger partial charge in [0.25, 0.3) is 0 Å². The summed E-state index contributed by atoms with van der Waals surface area (Å²) in [6, 6.07) is 0.410.